The summed E-state index contributed by atoms with van der Waals surface area (Å²) < 4.78 is 5.53. The van der Waals surface area contributed by atoms with Crippen LogP contribution in [-0.4, -0.2) is 28.0 Å². The second kappa shape index (κ2) is 8.76. The average Bonchev–Trinajstić information content (AvgIpc) is 2.18. The van der Waals surface area contributed by atoms with E-state index >= 15 is 0 Å². The first kappa shape index (κ1) is 15.6. The molecule has 0 spiro atoms. The first-order chi connectivity index (χ1) is 7.48. The third-order valence-electron chi connectivity index (χ3n) is 2.69. The van der Waals surface area contributed by atoms with Crippen LogP contribution in [0.1, 0.15) is 58.8 Å². The highest BCUT2D eigenvalue weighted by Crippen LogP contribution is 2.19. The molecule has 1 saturated heterocycles. The van der Waals surface area contributed by atoms with Crippen molar-refractivity contribution in [1.82, 2.24) is 0 Å². The van der Waals surface area contributed by atoms with E-state index in [4.69, 9.17) is 10.5 Å². The molecule has 0 saturated carbocycles. The van der Waals surface area contributed by atoms with Gasteiger partial charge in [0.25, 0.3) is 0 Å². The SMILES string of the molecule is CC1([SiH3])CCCCO1.CCCCCC(N)=O. The molecule has 0 aromatic carbocycles. The number of hydrogen-bond acceptors (Lipinski definition) is 2. The van der Waals surface area contributed by atoms with E-state index < -0.39 is 0 Å². The Labute approximate surface area is 103 Å². The molecule has 0 aliphatic carbocycles. The maximum Gasteiger partial charge on any atom is 0.217 e. The van der Waals surface area contributed by atoms with Crippen LogP contribution < -0.4 is 5.73 Å². The summed E-state index contributed by atoms with van der Waals surface area (Å²) in [5, 5.41) is 0.318. The summed E-state index contributed by atoms with van der Waals surface area (Å²) in [7, 11) is 1.19. The van der Waals surface area contributed by atoms with Crippen molar-refractivity contribution in [2.75, 3.05) is 6.61 Å². The van der Waals surface area contributed by atoms with Crippen LogP contribution in [0.15, 0.2) is 0 Å². The van der Waals surface area contributed by atoms with Crippen LogP contribution in [0.5, 0.6) is 0 Å². The number of hydrogen-bond donors (Lipinski definition) is 1. The Bertz CT molecular complexity index is 187. The quantitative estimate of drug-likeness (QED) is 0.600. The first-order valence-corrected chi connectivity index (χ1v) is 7.40. The number of ether oxygens (including phenoxy) is 1. The fourth-order valence-corrected chi connectivity index (χ4v) is 2.18. The van der Waals surface area contributed by atoms with E-state index in [0.717, 1.165) is 25.9 Å². The molecule has 1 aliphatic heterocycles. The van der Waals surface area contributed by atoms with Crippen molar-refractivity contribution < 1.29 is 9.53 Å². The summed E-state index contributed by atoms with van der Waals surface area (Å²) in [5.41, 5.74) is 4.89. The molecule has 0 aromatic rings. The third-order valence-corrected chi connectivity index (χ3v) is 3.48. The van der Waals surface area contributed by atoms with Gasteiger partial charge in [0.15, 0.2) is 0 Å². The predicted molar refractivity (Wildman–Crippen MR) is 71.5 cm³/mol. The minimum Gasteiger partial charge on any atom is -0.380 e. The van der Waals surface area contributed by atoms with Gasteiger partial charge < -0.3 is 10.5 Å². The van der Waals surface area contributed by atoms with Crippen LogP contribution in [0.4, 0.5) is 0 Å². The molecule has 1 fully saturated rings. The van der Waals surface area contributed by atoms with Crippen molar-refractivity contribution in [3.05, 3.63) is 0 Å². The van der Waals surface area contributed by atoms with Crippen LogP contribution in [0.25, 0.3) is 0 Å². The lowest BCUT2D eigenvalue weighted by molar-refractivity contribution is -0.118. The van der Waals surface area contributed by atoms with Gasteiger partial charge in [0.2, 0.25) is 5.91 Å². The zero-order valence-electron chi connectivity index (χ0n) is 11.1. The zero-order chi connectivity index (χ0) is 12.4. The van der Waals surface area contributed by atoms with E-state index in [-0.39, 0.29) is 5.91 Å². The molecule has 4 heteroatoms. The second-order valence-electron chi connectivity index (χ2n) is 4.99. The number of rotatable bonds is 4. The Balaban J connectivity index is 0.000000281. The lowest BCUT2D eigenvalue weighted by Gasteiger charge is -2.29. The highest BCUT2D eigenvalue weighted by molar-refractivity contribution is 6.14. The van der Waals surface area contributed by atoms with Crippen molar-refractivity contribution in [2.45, 2.75) is 64.0 Å². The summed E-state index contributed by atoms with van der Waals surface area (Å²) >= 11 is 0. The molecule has 1 heterocycles. The van der Waals surface area contributed by atoms with Crippen molar-refractivity contribution in [2.24, 2.45) is 5.73 Å². The fraction of sp³-hybridized carbons (Fsp3) is 0.917. The monoisotopic (exact) mass is 245 g/mol. The minimum absolute atomic E-state index is 0.182. The smallest absolute Gasteiger partial charge is 0.217 e. The van der Waals surface area contributed by atoms with Gasteiger partial charge in [-0.3, -0.25) is 4.79 Å². The van der Waals surface area contributed by atoms with Gasteiger partial charge in [-0.05, 0) is 32.6 Å². The normalized spacial score (nSPS) is 24.6. The molecule has 0 aromatic heterocycles. The molecule has 1 rings (SSSR count). The van der Waals surface area contributed by atoms with E-state index in [1.54, 1.807) is 0 Å². The van der Waals surface area contributed by atoms with E-state index in [9.17, 15) is 4.79 Å². The Morgan fingerprint density at radius 1 is 1.44 bits per heavy atom. The van der Waals surface area contributed by atoms with E-state index in [2.05, 4.69) is 13.8 Å². The first-order valence-electron chi connectivity index (χ1n) is 6.40. The molecule has 2 N–H and O–H groups in total. The van der Waals surface area contributed by atoms with Gasteiger partial charge in [-0.15, -0.1) is 0 Å². The van der Waals surface area contributed by atoms with Gasteiger partial charge in [-0.2, -0.15) is 0 Å². The molecule has 3 nitrogen and oxygen atoms in total. The summed E-state index contributed by atoms with van der Waals surface area (Å²) in [6, 6.07) is 0. The van der Waals surface area contributed by atoms with Crippen molar-refractivity contribution in [1.29, 1.82) is 0 Å². The van der Waals surface area contributed by atoms with E-state index in [1.807, 2.05) is 0 Å². The molecule has 96 valence electrons. The molecule has 0 radical (unpaired) electrons. The lowest BCUT2D eigenvalue weighted by atomic mass is 10.1. The minimum atomic E-state index is -0.182. The maximum absolute atomic E-state index is 10.1. The Kier molecular flexibility index (Phi) is 8.57. The molecule has 1 aliphatic rings. The average molecular weight is 245 g/mol. The van der Waals surface area contributed by atoms with Crippen molar-refractivity contribution in [3.63, 3.8) is 0 Å². The van der Waals surface area contributed by atoms with Crippen LogP contribution in [0.2, 0.25) is 0 Å². The summed E-state index contributed by atoms with van der Waals surface area (Å²) in [6.07, 6.45) is 7.70. The number of unbranched alkanes of at least 4 members (excludes halogenated alkanes) is 2. The molecular formula is C12H27NO2Si. The number of primary amides is 1. The summed E-state index contributed by atoms with van der Waals surface area (Å²) in [4.78, 5) is 10.1. The highest BCUT2D eigenvalue weighted by atomic mass is 28.1. The molecule has 0 bridgehead atoms. The molecule has 1 amide bonds. The Morgan fingerprint density at radius 3 is 2.44 bits per heavy atom. The maximum atomic E-state index is 10.1. The number of carbonyl (C=O) groups is 1. The summed E-state index contributed by atoms with van der Waals surface area (Å²) in [6.45, 7) is 5.32. The number of amides is 1. The third kappa shape index (κ3) is 10.2. The number of nitrogens with two attached hydrogens (primary N) is 1. The van der Waals surface area contributed by atoms with Gasteiger partial charge in [0.05, 0.1) is 0 Å². The van der Waals surface area contributed by atoms with E-state index in [0.29, 0.717) is 11.6 Å². The van der Waals surface area contributed by atoms with Gasteiger partial charge in [0, 0.05) is 28.5 Å². The van der Waals surface area contributed by atoms with Gasteiger partial charge in [0.1, 0.15) is 0 Å². The topological polar surface area (TPSA) is 52.3 Å². The van der Waals surface area contributed by atoms with Crippen LogP contribution >= 0.6 is 0 Å². The largest absolute Gasteiger partial charge is 0.380 e. The van der Waals surface area contributed by atoms with Gasteiger partial charge in [-0.1, -0.05) is 19.8 Å². The van der Waals surface area contributed by atoms with Crippen molar-refractivity contribution in [3.8, 4) is 0 Å². The standard InChI is InChI=1S/C6H13NO.C6H14OSi/c1-2-3-4-5-6(7)8;1-6(8)4-2-3-5-7-6/h2-5H2,1H3,(H2,7,8);2-5H2,1,8H3. The van der Waals surface area contributed by atoms with Crippen LogP contribution in [-0.2, 0) is 9.53 Å². The van der Waals surface area contributed by atoms with Crippen LogP contribution in [0, 0.1) is 0 Å². The molecule has 1 atom stereocenters. The molecule has 16 heavy (non-hydrogen) atoms. The Morgan fingerprint density at radius 2 is 2.12 bits per heavy atom. The lowest BCUT2D eigenvalue weighted by Crippen LogP contribution is -2.32. The zero-order valence-corrected chi connectivity index (χ0v) is 13.1. The number of carbonyl (C=O) groups excluding carboxylic acids is 1. The van der Waals surface area contributed by atoms with Gasteiger partial charge >= 0.3 is 0 Å². The summed E-state index contributed by atoms with van der Waals surface area (Å²) in [5.74, 6) is -0.182. The van der Waals surface area contributed by atoms with Crippen LogP contribution in [0.3, 0.4) is 0 Å². The van der Waals surface area contributed by atoms with E-state index in [1.165, 1.54) is 29.5 Å². The molecular weight excluding hydrogens is 218 g/mol. The predicted octanol–water partition coefficient (Wildman–Crippen LogP) is 1.32. The van der Waals surface area contributed by atoms with Gasteiger partial charge in [-0.25, -0.2) is 0 Å². The Hall–Kier alpha value is -0.353. The highest BCUT2D eigenvalue weighted by Gasteiger charge is 2.20. The molecule has 1 unspecified atom stereocenters. The second-order valence-corrected chi connectivity index (χ2v) is 7.10. The fourth-order valence-electron chi connectivity index (χ4n) is 1.62. The van der Waals surface area contributed by atoms with Crippen molar-refractivity contribution >= 4 is 16.1 Å².